The average molecular weight is 340 g/mol. The maximum absolute atomic E-state index is 6.43. The number of benzene rings is 1. The van der Waals surface area contributed by atoms with Gasteiger partial charge < -0.3 is 10.6 Å². The zero-order valence-corrected chi connectivity index (χ0v) is 14.2. The molecule has 2 N–H and O–H groups in total. The normalized spacial score (nSPS) is 17.3. The van der Waals surface area contributed by atoms with Gasteiger partial charge in [0.15, 0.2) is 0 Å². The Morgan fingerprint density at radius 3 is 2.54 bits per heavy atom. The molecule has 1 unspecified atom stereocenters. The number of para-hydroxylation sites is 1. The molecular formula is C17H20N6S. The summed E-state index contributed by atoms with van der Waals surface area (Å²) < 4.78 is 1.23. The highest BCUT2D eigenvalue weighted by atomic mass is 32.1. The van der Waals surface area contributed by atoms with E-state index in [4.69, 9.17) is 10.7 Å². The summed E-state index contributed by atoms with van der Waals surface area (Å²) in [6.45, 7) is 3.64. The molecule has 0 amide bonds. The van der Waals surface area contributed by atoms with Crippen LogP contribution in [0.4, 0.5) is 5.95 Å². The molecule has 6 nitrogen and oxygen atoms in total. The molecule has 7 heteroatoms. The summed E-state index contributed by atoms with van der Waals surface area (Å²) >= 11 is 1.74. The molecule has 1 aliphatic heterocycles. The van der Waals surface area contributed by atoms with Crippen molar-refractivity contribution in [2.45, 2.75) is 12.6 Å². The van der Waals surface area contributed by atoms with Crippen LogP contribution in [0.1, 0.15) is 5.01 Å². The Balaban J connectivity index is 1.36. The Kier molecular flexibility index (Phi) is 4.38. The number of thiazole rings is 1. The van der Waals surface area contributed by atoms with E-state index in [1.807, 2.05) is 12.1 Å². The van der Waals surface area contributed by atoms with Crippen LogP contribution >= 0.6 is 11.3 Å². The third-order valence-electron chi connectivity index (χ3n) is 4.34. The van der Waals surface area contributed by atoms with E-state index in [0.717, 1.165) is 49.1 Å². The largest absolute Gasteiger partial charge is 0.338 e. The van der Waals surface area contributed by atoms with Crippen molar-refractivity contribution >= 4 is 27.5 Å². The molecule has 0 bridgehead atoms. The lowest BCUT2D eigenvalue weighted by atomic mass is 10.2. The van der Waals surface area contributed by atoms with Crippen molar-refractivity contribution in [1.29, 1.82) is 0 Å². The Hall–Kier alpha value is -2.09. The third-order valence-corrected chi connectivity index (χ3v) is 5.40. The van der Waals surface area contributed by atoms with Crippen molar-refractivity contribution in [2.75, 3.05) is 31.1 Å². The first-order valence-electron chi connectivity index (χ1n) is 8.15. The monoisotopic (exact) mass is 340 g/mol. The summed E-state index contributed by atoms with van der Waals surface area (Å²) in [4.78, 5) is 17.9. The van der Waals surface area contributed by atoms with Gasteiger partial charge in [-0.15, -0.1) is 11.3 Å². The van der Waals surface area contributed by atoms with Crippen molar-refractivity contribution in [2.24, 2.45) is 5.73 Å². The molecule has 0 aliphatic carbocycles. The van der Waals surface area contributed by atoms with Crippen LogP contribution in [0.5, 0.6) is 0 Å². The summed E-state index contributed by atoms with van der Waals surface area (Å²) in [6.07, 6.45) is 4.37. The van der Waals surface area contributed by atoms with Gasteiger partial charge in [0.1, 0.15) is 0 Å². The van der Waals surface area contributed by atoms with E-state index in [9.17, 15) is 0 Å². The molecule has 1 saturated heterocycles. The van der Waals surface area contributed by atoms with Crippen molar-refractivity contribution in [3.63, 3.8) is 0 Å². The predicted octanol–water partition coefficient (Wildman–Crippen LogP) is 1.74. The van der Waals surface area contributed by atoms with E-state index in [-0.39, 0.29) is 6.17 Å². The van der Waals surface area contributed by atoms with E-state index in [1.54, 1.807) is 23.7 Å². The highest BCUT2D eigenvalue weighted by Crippen LogP contribution is 2.23. The molecule has 3 heterocycles. The molecule has 0 spiro atoms. The fraction of sp³-hybridized carbons (Fsp3) is 0.353. The van der Waals surface area contributed by atoms with E-state index < -0.39 is 0 Å². The lowest BCUT2D eigenvalue weighted by Crippen LogP contribution is -2.54. The smallest absolute Gasteiger partial charge is 0.225 e. The fourth-order valence-electron chi connectivity index (χ4n) is 3.02. The number of rotatable bonds is 4. The molecule has 124 valence electrons. The fourth-order valence-corrected chi connectivity index (χ4v) is 4.04. The minimum atomic E-state index is 0.00408. The van der Waals surface area contributed by atoms with E-state index in [1.165, 1.54) is 4.70 Å². The molecule has 2 aromatic heterocycles. The first kappa shape index (κ1) is 15.4. The molecule has 0 radical (unpaired) electrons. The second-order valence-electron chi connectivity index (χ2n) is 5.92. The van der Waals surface area contributed by atoms with Crippen LogP contribution in [0.25, 0.3) is 10.2 Å². The molecule has 0 saturated carbocycles. The number of fused-ring (bicyclic) bond motifs is 1. The van der Waals surface area contributed by atoms with Gasteiger partial charge in [-0.05, 0) is 18.2 Å². The zero-order valence-electron chi connectivity index (χ0n) is 13.4. The minimum Gasteiger partial charge on any atom is -0.338 e. The van der Waals surface area contributed by atoms with Crippen LogP contribution in [-0.4, -0.2) is 52.2 Å². The Labute approximate surface area is 145 Å². The minimum absolute atomic E-state index is 0.00408. The molecular weight excluding hydrogens is 320 g/mol. The van der Waals surface area contributed by atoms with Gasteiger partial charge in [-0.1, -0.05) is 12.1 Å². The van der Waals surface area contributed by atoms with Gasteiger partial charge in [-0.3, -0.25) is 4.90 Å². The van der Waals surface area contributed by atoms with Crippen LogP contribution in [-0.2, 0) is 6.42 Å². The molecule has 24 heavy (non-hydrogen) atoms. The highest BCUT2D eigenvalue weighted by Gasteiger charge is 2.23. The second kappa shape index (κ2) is 6.80. The maximum Gasteiger partial charge on any atom is 0.225 e. The standard InChI is InChI=1S/C17H20N6S/c18-15(12-16-21-13-4-1-2-5-14(13)24-16)22-8-10-23(11-9-22)17-19-6-3-7-20-17/h1-7,15H,8-12,18H2. The average Bonchev–Trinajstić information content (AvgIpc) is 3.05. The van der Waals surface area contributed by atoms with Crippen molar-refractivity contribution < 1.29 is 0 Å². The number of nitrogens with zero attached hydrogens (tertiary/aromatic N) is 5. The Bertz CT molecular complexity index is 764. The van der Waals surface area contributed by atoms with Crippen LogP contribution in [0.3, 0.4) is 0 Å². The van der Waals surface area contributed by atoms with E-state index in [2.05, 4.69) is 38.0 Å². The van der Waals surface area contributed by atoms with Gasteiger partial charge >= 0.3 is 0 Å². The first-order chi connectivity index (χ1) is 11.8. The quantitative estimate of drug-likeness (QED) is 0.780. The lowest BCUT2D eigenvalue weighted by molar-refractivity contribution is 0.186. The third kappa shape index (κ3) is 3.24. The number of nitrogens with two attached hydrogens (primary N) is 1. The topological polar surface area (TPSA) is 71.2 Å². The molecule has 3 aromatic rings. The summed E-state index contributed by atoms with van der Waals surface area (Å²) in [5, 5.41) is 1.11. The molecule has 1 fully saturated rings. The molecule has 4 rings (SSSR count). The van der Waals surface area contributed by atoms with E-state index >= 15 is 0 Å². The molecule has 1 atom stereocenters. The van der Waals surface area contributed by atoms with Crippen molar-refractivity contribution in [3.8, 4) is 0 Å². The molecule has 1 aromatic carbocycles. The summed E-state index contributed by atoms with van der Waals surface area (Å²) in [5.74, 6) is 0.803. The van der Waals surface area contributed by atoms with Gasteiger partial charge in [0.25, 0.3) is 0 Å². The van der Waals surface area contributed by atoms with Gasteiger partial charge in [0.05, 0.1) is 21.4 Å². The number of anilines is 1. The van der Waals surface area contributed by atoms with Crippen LogP contribution in [0.2, 0.25) is 0 Å². The van der Waals surface area contributed by atoms with Crippen LogP contribution in [0, 0.1) is 0 Å². The van der Waals surface area contributed by atoms with Gasteiger partial charge in [0, 0.05) is 45.0 Å². The maximum atomic E-state index is 6.43. The summed E-state index contributed by atoms with van der Waals surface area (Å²) in [7, 11) is 0. The second-order valence-corrected chi connectivity index (χ2v) is 7.03. The Morgan fingerprint density at radius 1 is 1.04 bits per heavy atom. The lowest BCUT2D eigenvalue weighted by Gasteiger charge is -2.37. The van der Waals surface area contributed by atoms with Crippen molar-refractivity contribution in [1.82, 2.24) is 19.9 Å². The zero-order chi connectivity index (χ0) is 16.4. The van der Waals surface area contributed by atoms with Gasteiger partial charge in [0.2, 0.25) is 5.95 Å². The van der Waals surface area contributed by atoms with Gasteiger partial charge in [-0.2, -0.15) is 0 Å². The number of hydrogen-bond donors (Lipinski definition) is 1. The first-order valence-corrected chi connectivity index (χ1v) is 8.97. The Morgan fingerprint density at radius 2 is 1.79 bits per heavy atom. The number of aromatic nitrogens is 3. The summed E-state index contributed by atoms with van der Waals surface area (Å²) in [6, 6.07) is 10.1. The molecule has 1 aliphatic rings. The van der Waals surface area contributed by atoms with Crippen LogP contribution < -0.4 is 10.6 Å². The van der Waals surface area contributed by atoms with Crippen LogP contribution in [0.15, 0.2) is 42.7 Å². The number of hydrogen-bond acceptors (Lipinski definition) is 7. The van der Waals surface area contributed by atoms with Gasteiger partial charge in [-0.25, -0.2) is 15.0 Å². The predicted molar refractivity (Wildman–Crippen MR) is 97.1 cm³/mol. The highest BCUT2D eigenvalue weighted by molar-refractivity contribution is 7.18. The SMILES string of the molecule is NC(Cc1nc2ccccc2s1)N1CCN(c2ncccn2)CC1. The summed E-state index contributed by atoms with van der Waals surface area (Å²) in [5.41, 5.74) is 7.49. The van der Waals surface area contributed by atoms with Crippen molar-refractivity contribution in [3.05, 3.63) is 47.7 Å². The van der Waals surface area contributed by atoms with E-state index in [0.29, 0.717) is 0 Å². The number of piperazine rings is 1.